The van der Waals surface area contributed by atoms with E-state index in [-0.39, 0.29) is 166 Å². The summed E-state index contributed by atoms with van der Waals surface area (Å²) in [7, 11) is 0. The van der Waals surface area contributed by atoms with Crippen molar-refractivity contribution >= 4 is 118 Å². The number of aromatic hydroxyl groups is 1. The van der Waals surface area contributed by atoms with E-state index in [2.05, 4.69) is 95.7 Å². The summed E-state index contributed by atoms with van der Waals surface area (Å²) < 4.78 is 0. The number of unbranched alkanes of at least 4 members (excludes halogenated alkanes) is 3. The lowest BCUT2D eigenvalue weighted by molar-refractivity contribution is -0.140. The molecule has 0 unspecified atom stereocenters. The van der Waals surface area contributed by atoms with Crippen molar-refractivity contribution < 1.29 is 102 Å². The minimum atomic E-state index is -2.01. The minimum Gasteiger partial charge on any atom is -0.508 e. The zero-order chi connectivity index (χ0) is 106. The molecular formula is C95H157N25O21. The Morgan fingerprint density at radius 1 is 0.489 bits per heavy atom. The number of rotatable bonds is 56. The molecule has 0 bridgehead atoms. The van der Waals surface area contributed by atoms with E-state index in [9.17, 15) is 77.6 Å². The maximum atomic E-state index is 15.5. The van der Waals surface area contributed by atoms with Crippen LogP contribution in [0.3, 0.4) is 0 Å². The van der Waals surface area contributed by atoms with Gasteiger partial charge in [0, 0.05) is 52.2 Å². The van der Waals surface area contributed by atoms with Gasteiger partial charge >= 0.3 is 5.97 Å². The highest BCUT2D eigenvalue weighted by molar-refractivity contribution is 6.02. The van der Waals surface area contributed by atoms with Gasteiger partial charge in [0.1, 0.15) is 95.4 Å². The van der Waals surface area contributed by atoms with Crippen LogP contribution in [0.1, 0.15) is 242 Å². The Balaban J connectivity index is 2.17. The standard InChI is InChI=1S/C95H157N25O21/c1-13-14-32-63(80(130)112-69(77(98)127)51-54(2)3)108-82(132)68(41-42-73(125)126)111-79(129)65(35-28-48-104-92(99)100)110-86(136)71(53-61-37-39-62(123)40-38-61)113-81(131)66(34-23-27-47-97)114-91(141)95(12)45-25-18-16-15-17-24-44-94(11,90(140)115-67(36-29-49-105-93(101)102)84(134)118-76(58(9)121)88(138)117-75(56(6)7)89(139)120-95)119-78(128)57(8)106-87(137)74(55(4)5)116-83(133)64(33-22-26-46-96)109-85(135)70(52-60-30-20-19-21-31-60)107-72(124)43-50-103-59(10)122/h15-16,19-21,30-31,37-40,54-58,63-71,74-76,121,123H,13-14,17-18,22-29,32-36,41-53,96-97H2,1-12H3,(H2,98,127)(H,103,122)(H,106,137)(H,107,124)(H,108,132)(H,109,135)(H,110,136)(H,111,129)(H,112,130)(H,113,131)(H,114,141)(H,115,140)(H,116,133)(H,117,138)(H,118,134)(H,119,128)(H,120,139)(H,125,126)(H4,99,100,104)(H4,101,102,105)/b16-15-/t57-,58+,63-,64-,65-,66-,67-,68-,69-,70-,71-,74-,75-,76-,94-,95-/m0/s1. The molecule has 0 saturated heterocycles. The lowest BCUT2D eigenvalue weighted by Gasteiger charge is -2.35. The maximum Gasteiger partial charge on any atom is 0.303 e. The summed E-state index contributed by atoms with van der Waals surface area (Å²) in [6.07, 6.45) is 2.13. The number of carbonyl (C=O) groups is 18. The molecule has 1 heterocycles. The van der Waals surface area contributed by atoms with E-state index in [1.807, 2.05) is 6.92 Å². The van der Waals surface area contributed by atoms with Crippen LogP contribution in [0.15, 0.2) is 66.7 Å². The summed E-state index contributed by atoms with van der Waals surface area (Å²) in [5.74, 6) is -19.0. The topological polar surface area (TPSA) is 762 Å². The van der Waals surface area contributed by atoms with Gasteiger partial charge in [-0.1, -0.05) is 116 Å². The second kappa shape index (κ2) is 63.5. The first-order valence-corrected chi connectivity index (χ1v) is 48.5. The monoisotopic (exact) mass is 1980 g/mol. The van der Waals surface area contributed by atoms with Crippen LogP contribution < -0.4 is 124 Å². The molecule has 2 aromatic carbocycles. The molecule has 46 heteroatoms. The molecule has 1 aliphatic heterocycles. The van der Waals surface area contributed by atoms with Crippen molar-refractivity contribution in [2.45, 2.75) is 339 Å². The molecule has 16 atom stereocenters. The third-order valence-corrected chi connectivity index (χ3v) is 23.5. The Labute approximate surface area is 824 Å². The molecule has 46 nitrogen and oxygen atoms in total. The number of carbonyl (C=O) groups excluding carboxylic acids is 17. The van der Waals surface area contributed by atoms with Gasteiger partial charge in [0.25, 0.3) is 0 Å². The average molecular weight is 1990 g/mol. The SMILES string of the molecule is CCCC[C@H](NC(=O)[C@H](CCC(=O)O)NC(=O)[C@H](CCCNC(=N)N)NC(=O)[C@H](Cc1ccc(O)cc1)NC(=O)[C@H](CCCCN)NC(=O)[C@]1(C)CCC/C=C\CCC[C@](C)(NC(=O)[C@H](C)NC(=O)[C@@H](NC(=O)[C@H](CCCCN)NC(=O)[C@H](Cc2ccccc2)NC(=O)CCNC(C)=O)C(C)C)C(=O)N[C@@H](CCCNC(=N)N)C(=O)N[C@@H]([C@@H](C)O)C(=O)N[C@@H](C(C)C)C(=O)N1)C(=O)N[C@@H](CC(C)C)C(N)=O. The predicted octanol–water partition coefficient (Wildman–Crippen LogP) is -2.25. The molecule has 1 aliphatic rings. The van der Waals surface area contributed by atoms with E-state index in [0.717, 1.165) is 6.92 Å². The van der Waals surface area contributed by atoms with E-state index >= 15 is 24.0 Å². The first-order valence-electron chi connectivity index (χ1n) is 48.5. The highest BCUT2D eigenvalue weighted by Gasteiger charge is 2.44. The van der Waals surface area contributed by atoms with Gasteiger partial charge in [0.05, 0.1) is 6.10 Å². The summed E-state index contributed by atoms with van der Waals surface area (Å²) in [6, 6.07) is -5.06. The van der Waals surface area contributed by atoms with E-state index in [0.29, 0.717) is 43.2 Å². The van der Waals surface area contributed by atoms with Gasteiger partial charge in [0.2, 0.25) is 100 Å². The minimum absolute atomic E-state index is 0.00212. The second-order valence-corrected chi connectivity index (χ2v) is 37.3. The van der Waals surface area contributed by atoms with Crippen LogP contribution in [-0.4, -0.2) is 262 Å². The number of phenolic OH excluding ortho intramolecular Hbond substituents is 1. The van der Waals surface area contributed by atoms with Gasteiger partial charge in [-0.25, -0.2) is 0 Å². The Kier molecular flexibility index (Phi) is 55.0. The van der Waals surface area contributed by atoms with Crippen molar-refractivity contribution in [3.8, 4) is 5.75 Å². The number of primary amides is 1. The van der Waals surface area contributed by atoms with Gasteiger partial charge in [0.15, 0.2) is 11.9 Å². The van der Waals surface area contributed by atoms with Crippen molar-refractivity contribution in [2.75, 3.05) is 32.7 Å². The normalized spacial score (nSPS) is 19.2. The van der Waals surface area contributed by atoms with Crippen LogP contribution in [0, 0.1) is 28.6 Å². The Morgan fingerprint density at radius 2 is 0.957 bits per heavy atom. The first-order chi connectivity index (χ1) is 66.5. The maximum absolute atomic E-state index is 15.5. The number of nitrogens with one attached hydrogen (secondary N) is 20. The van der Waals surface area contributed by atoms with Crippen LogP contribution in [0.5, 0.6) is 5.75 Å². The van der Waals surface area contributed by atoms with Crippen LogP contribution in [0.4, 0.5) is 0 Å². The fourth-order valence-corrected chi connectivity index (χ4v) is 15.2. The molecule has 0 aliphatic carbocycles. The summed E-state index contributed by atoms with van der Waals surface area (Å²) >= 11 is 0. The molecule has 33 N–H and O–H groups in total. The molecule has 141 heavy (non-hydrogen) atoms. The number of guanidine groups is 2. The third kappa shape index (κ3) is 46.2. The van der Waals surface area contributed by atoms with Crippen molar-refractivity contribution in [1.29, 1.82) is 10.8 Å². The highest BCUT2D eigenvalue weighted by atomic mass is 16.4. The number of phenols is 1. The molecular weight excluding hydrogens is 1830 g/mol. The number of hydrogen-bond acceptors (Lipinski definition) is 24. The molecule has 17 amide bonds. The quantitative estimate of drug-likeness (QED) is 0.0144. The number of hydrogen-bond donors (Lipinski definition) is 28. The molecule has 3 rings (SSSR count). The van der Waals surface area contributed by atoms with E-state index < -0.39 is 233 Å². The van der Waals surface area contributed by atoms with Crippen molar-refractivity contribution in [3.05, 3.63) is 77.9 Å². The number of carboxylic acids is 1. The van der Waals surface area contributed by atoms with E-state index in [1.165, 1.54) is 52.0 Å². The number of allylic oxidation sites excluding steroid dienone is 2. The fraction of sp³-hybridized carbons (Fsp3) is 0.642. The highest BCUT2D eigenvalue weighted by Crippen LogP contribution is 2.23. The number of aliphatic hydroxyl groups is 1. The number of carboxylic acid groups (broad SMARTS) is 1. The number of amides is 17. The Hall–Kier alpha value is -13.1. The van der Waals surface area contributed by atoms with Gasteiger partial charge in [-0.15, -0.1) is 0 Å². The lowest BCUT2D eigenvalue weighted by atomic mass is 9.90. The predicted molar refractivity (Wildman–Crippen MR) is 526 cm³/mol. The molecule has 0 saturated carbocycles. The van der Waals surface area contributed by atoms with Crippen LogP contribution >= 0.6 is 0 Å². The van der Waals surface area contributed by atoms with E-state index in [4.69, 9.17) is 39.5 Å². The van der Waals surface area contributed by atoms with Crippen LogP contribution in [0.2, 0.25) is 0 Å². The molecule has 0 radical (unpaired) electrons. The molecule has 0 aromatic heterocycles. The second-order valence-electron chi connectivity index (χ2n) is 37.3. The van der Waals surface area contributed by atoms with Gasteiger partial charge in [-0.05, 0) is 204 Å². The molecule has 2 aromatic rings. The number of aliphatic hydroxyl groups excluding tert-OH is 1. The average Bonchev–Trinajstić information content (AvgIpc) is 1.04. The van der Waals surface area contributed by atoms with Crippen LogP contribution in [-0.2, 0) is 99.1 Å². The zero-order valence-electron chi connectivity index (χ0n) is 83.5. The largest absolute Gasteiger partial charge is 0.508 e. The van der Waals surface area contributed by atoms with Crippen molar-refractivity contribution in [3.63, 3.8) is 0 Å². The molecule has 788 valence electrons. The molecule has 0 fully saturated rings. The van der Waals surface area contributed by atoms with Crippen molar-refractivity contribution in [1.82, 2.24) is 95.7 Å². The molecule has 0 spiro atoms. The van der Waals surface area contributed by atoms with Gasteiger partial charge < -0.3 is 140 Å². The Morgan fingerprint density at radius 3 is 1.45 bits per heavy atom. The zero-order valence-corrected chi connectivity index (χ0v) is 83.5. The lowest BCUT2D eigenvalue weighted by Crippen LogP contribution is -2.66. The Bertz CT molecular complexity index is 4510. The summed E-state index contributed by atoms with van der Waals surface area (Å²) in [5.41, 5.74) is 25.7. The summed E-state index contributed by atoms with van der Waals surface area (Å²) in [6.45, 7) is 18.6. The number of benzene rings is 2. The third-order valence-electron chi connectivity index (χ3n) is 23.5. The van der Waals surface area contributed by atoms with Gasteiger partial charge in [-0.3, -0.25) is 97.1 Å². The van der Waals surface area contributed by atoms with Gasteiger partial charge in [-0.2, -0.15) is 0 Å². The summed E-state index contributed by atoms with van der Waals surface area (Å²) in [5, 5.41) is 94.9. The van der Waals surface area contributed by atoms with Crippen molar-refractivity contribution in [2.24, 2.45) is 46.4 Å². The van der Waals surface area contributed by atoms with Crippen LogP contribution in [0.25, 0.3) is 0 Å². The van der Waals surface area contributed by atoms with E-state index in [1.54, 1.807) is 84.0 Å². The smallest absolute Gasteiger partial charge is 0.303 e. The summed E-state index contributed by atoms with van der Waals surface area (Å²) in [4.78, 5) is 256. The number of aliphatic carboxylic acids is 1. The number of nitrogens with two attached hydrogens (primary N) is 5. The fourth-order valence-electron chi connectivity index (χ4n) is 15.2. The first kappa shape index (κ1) is 122.